The van der Waals surface area contributed by atoms with Crippen molar-refractivity contribution in [2.24, 2.45) is 5.92 Å². The summed E-state index contributed by atoms with van der Waals surface area (Å²) in [5.74, 6) is 1.65. The van der Waals surface area contributed by atoms with Crippen molar-refractivity contribution in [3.63, 3.8) is 0 Å². The van der Waals surface area contributed by atoms with E-state index < -0.39 is 0 Å². The lowest BCUT2D eigenvalue weighted by Gasteiger charge is -2.20. The molecule has 1 amide bonds. The number of alkyl halides is 1. The van der Waals surface area contributed by atoms with Crippen LogP contribution in [0.25, 0.3) is 0 Å². The number of halogens is 1. The van der Waals surface area contributed by atoms with Gasteiger partial charge in [0.1, 0.15) is 11.5 Å². The highest BCUT2D eigenvalue weighted by molar-refractivity contribution is 9.09. The molecule has 0 aromatic heterocycles. The van der Waals surface area contributed by atoms with Crippen molar-refractivity contribution in [2.45, 2.75) is 31.5 Å². The van der Waals surface area contributed by atoms with Crippen LogP contribution in [0.3, 0.4) is 0 Å². The van der Waals surface area contributed by atoms with E-state index >= 15 is 0 Å². The minimum Gasteiger partial charge on any atom is -0.497 e. The second-order valence-corrected chi connectivity index (χ2v) is 6.08. The number of hydrogen-bond donors (Lipinski definition) is 1. The van der Waals surface area contributed by atoms with Crippen LogP contribution in [0.5, 0.6) is 11.5 Å². The number of carbonyl (C=O) groups excluding carboxylic acids is 1. The second-order valence-electron chi connectivity index (χ2n) is 4.90. The molecule has 0 aliphatic heterocycles. The summed E-state index contributed by atoms with van der Waals surface area (Å²) >= 11 is 3.66. The van der Waals surface area contributed by atoms with E-state index in [2.05, 4.69) is 35.1 Å². The Morgan fingerprint density at radius 3 is 2.10 bits per heavy atom. The van der Waals surface area contributed by atoms with Gasteiger partial charge >= 0.3 is 0 Å². The third-order valence-corrected chi connectivity index (χ3v) is 4.70. The first-order valence-corrected chi connectivity index (χ1v) is 8.12. The third-order valence-electron chi connectivity index (χ3n) is 3.63. The van der Waals surface area contributed by atoms with Crippen LogP contribution in [-0.2, 0) is 0 Å². The van der Waals surface area contributed by atoms with Crippen molar-refractivity contribution < 1.29 is 14.3 Å². The first kappa shape index (κ1) is 17.8. The Balaban J connectivity index is 2.71. The molecule has 0 aliphatic carbocycles. The maximum Gasteiger partial charge on any atom is 0.251 e. The van der Waals surface area contributed by atoms with E-state index in [1.54, 1.807) is 32.4 Å². The largest absolute Gasteiger partial charge is 0.497 e. The Kier molecular flexibility index (Phi) is 7.57. The average molecular weight is 358 g/mol. The summed E-state index contributed by atoms with van der Waals surface area (Å²) in [6.45, 7) is 4.93. The van der Waals surface area contributed by atoms with Crippen LogP contribution in [0, 0.1) is 5.92 Å². The van der Waals surface area contributed by atoms with Gasteiger partial charge in [-0.15, -0.1) is 0 Å². The summed E-state index contributed by atoms with van der Waals surface area (Å²) in [5.41, 5.74) is 0.537. The number of ether oxygens (including phenoxy) is 2. The van der Waals surface area contributed by atoms with Gasteiger partial charge in [0.05, 0.1) is 14.2 Å². The molecule has 0 aliphatic rings. The van der Waals surface area contributed by atoms with Gasteiger partial charge in [-0.25, -0.2) is 0 Å². The Bertz CT molecular complexity index is 439. The summed E-state index contributed by atoms with van der Waals surface area (Å²) in [4.78, 5) is 12.5. The molecule has 0 bridgehead atoms. The van der Waals surface area contributed by atoms with Gasteiger partial charge in [0, 0.05) is 23.0 Å². The lowest BCUT2D eigenvalue weighted by molar-refractivity contribution is 0.0951. The highest BCUT2D eigenvalue weighted by Gasteiger charge is 2.17. The van der Waals surface area contributed by atoms with Gasteiger partial charge in [-0.1, -0.05) is 42.6 Å². The number of nitrogens with one attached hydrogen (secondary N) is 1. The van der Waals surface area contributed by atoms with Gasteiger partial charge in [0.25, 0.3) is 5.91 Å². The Labute approximate surface area is 135 Å². The molecule has 1 rings (SSSR count). The van der Waals surface area contributed by atoms with Gasteiger partial charge in [-0.05, 0) is 18.1 Å². The first-order valence-electron chi connectivity index (χ1n) is 7.20. The number of carbonyl (C=O) groups is 1. The first-order chi connectivity index (χ1) is 10.0. The smallest absolute Gasteiger partial charge is 0.251 e. The number of hydrogen-bond acceptors (Lipinski definition) is 3. The van der Waals surface area contributed by atoms with Crippen molar-refractivity contribution in [2.75, 3.05) is 20.8 Å². The fourth-order valence-corrected chi connectivity index (χ4v) is 3.11. The highest BCUT2D eigenvalue weighted by Crippen LogP contribution is 2.23. The average Bonchev–Trinajstić information content (AvgIpc) is 2.52. The molecule has 0 fully saturated rings. The third kappa shape index (κ3) is 5.23. The maximum absolute atomic E-state index is 12.2. The molecule has 4 nitrogen and oxygen atoms in total. The molecule has 1 atom stereocenters. The van der Waals surface area contributed by atoms with E-state index in [4.69, 9.17) is 9.47 Å². The lowest BCUT2D eigenvalue weighted by atomic mass is 9.99. The summed E-state index contributed by atoms with van der Waals surface area (Å²) < 4.78 is 10.4. The molecule has 118 valence electrons. The fraction of sp³-hybridized carbons (Fsp3) is 0.562. The van der Waals surface area contributed by atoms with E-state index in [0.717, 1.165) is 12.8 Å². The van der Waals surface area contributed by atoms with Crippen LogP contribution >= 0.6 is 15.9 Å². The summed E-state index contributed by atoms with van der Waals surface area (Å²) in [7, 11) is 3.14. The molecular formula is C16H24BrNO3. The van der Waals surface area contributed by atoms with Crippen LogP contribution in [0.4, 0.5) is 0 Å². The standard InChI is InChI=1S/C16H24BrNO3/c1-5-11(6-2)15(17)10-18-16(19)12-7-13(20-3)9-14(8-12)21-4/h7-9,11,15H,5-6,10H2,1-4H3,(H,18,19). The lowest BCUT2D eigenvalue weighted by Crippen LogP contribution is -2.32. The van der Waals surface area contributed by atoms with Gasteiger partial charge in [0.15, 0.2) is 0 Å². The van der Waals surface area contributed by atoms with E-state index in [0.29, 0.717) is 29.5 Å². The number of methoxy groups -OCH3 is 2. The van der Waals surface area contributed by atoms with E-state index in [1.807, 2.05) is 0 Å². The molecular weight excluding hydrogens is 334 g/mol. The van der Waals surface area contributed by atoms with Gasteiger partial charge in [0.2, 0.25) is 0 Å². The molecule has 1 aromatic carbocycles. The monoisotopic (exact) mass is 357 g/mol. The molecule has 0 spiro atoms. The highest BCUT2D eigenvalue weighted by atomic mass is 79.9. The summed E-state index contributed by atoms with van der Waals surface area (Å²) in [6.07, 6.45) is 2.19. The molecule has 1 aromatic rings. The predicted octanol–water partition coefficient (Wildman–Crippen LogP) is 3.63. The van der Waals surface area contributed by atoms with E-state index in [1.165, 1.54) is 0 Å². The SMILES string of the molecule is CCC(CC)C(Br)CNC(=O)c1cc(OC)cc(OC)c1. The van der Waals surface area contributed by atoms with Crippen LogP contribution in [0.2, 0.25) is 0 Å². The zero-order valence-corrected chi connectivity index (χ0v) is 14.7. The fourth-order valence-electron chi connectivity index (χ4n) is 2.20. The minimum atomic E-state index is -0.123. The molecule has 0 saturated carbocycles. The van der Waals surface area contributed by atoms with E-state index in [-0.39, 0.29) is 10.7 Å². The normalized spacial score (nSPS) is 12.1. The topological polar surface area (TPSA) is 47.6 Å². The second kappa shape index (κ2) is 8.93. The molecule has 0 saturated heterocycles. The molecule has 5 heteroatoms. The Hall–Kier alpha value is -1.23. The van der Waals surface area contributed by atoms with Gasteiger partial charge in [-0.3, -0.25) is 4.79 Å². The van der Waals surface area contributed by atoms with Crippen LogP contribution in [0.1, 0.15) is 37.0 Å². The van der Waals surface area contributed by atoms with Gasteiger partial charge in [-0.2, -0.15) is 0 Å². The van der Waals surface area contributed by atoms with Crippen molar-refractivity contribution in [3.8, 4) is 11.5 Å². The quantitative estimate of drug-likeness (QED) is 0.722. The summed E-state index contributed by atoms with van der Waals surface area (Å²) in [6, 6.07) is 5.16. The molecule has 1 unspecified atom stereocenters. The van der Waals surface area contributed by atoms with Crippen LogP contribution < -0.4 is 14.8 Å². The minimum absolute atomic E-state index is 0.123. The molecule has 0 radical (unpaired) electrons. The molecule has 0 heterocycles. The van der Waals surface area contributed by atoms with Crippen molar-refractivity contribution in [3.05, 3.63) is 23.8 Å². The number of benzene rings is 1. The van der Waals surface area contributed by atoms with Crippen molar-refractivity contribution >= 4 is 21.8 Å². The molecule has 21 heavy (non-hydrogen) atoms. The summed E-state index contributed by atoms with van der Waals surface area (Å²) in [5, 5.41) is 2.95. The van der Waals surface area contributed by atoms with E-state index in [9.17, 15) is 4.79 Å². The van der Waals surface area contributed by atoms with Crippen molar-refractivity contribution in [1.29, 1.82) is 0 Å². The number of amides is 1. The number of rotatable bonds is 8. The van der Waals surface area contributed by atoms with Crippen LogP contribution in [-0.4, -0.2) is 31.5 Å². The van der Waals surface area contributed by atoms with Gasteiger partial charge < -0.3 is 14.8 Å². The maximum atomic E-state index is 12.2. The predicted molar refractivity (Wildman–Crippen MR) is 88.7 cm³/mol. The van der Waals surface area contributed by atoms with Crippen LogP contribution in [0.15, 0.2) is 18.2 Å². The zero-order valence-electron chi connectivity index (χ0n) is 13.1. The Morgan fingerprint density at radius 1 is 1.14 bits per heavy atom. The zero-order chi connectivity index (χ0) is 15.8. The Morgan fingerprint density at radius 2 is 1.67 bits per heavy atom. The molecule has 1 N–H and O–H groups in total. The van der Waals surface area contributed by atoms with Crippen molar-refractivity contribution in [1.82, 2.24) is 5.32 Å².